The molecule has 7 N–H and O–H groups in total. The number of quaternary nitrogens is 1. The summed E-state index contributed by atoms with van der Waals surface area (Å²) in [7, 11) is -3.81. The number of phosphoric acid groups is 2. The minimum Gasteiger partial charge on any atom is -0.493 e. The number of carbonyl (C=O) groups is 5. The Bertz CT molecular complexity index is 2900. The number of halogens is 3. The quantitative estimate of drug-likeness (QED) is 0.0141. The summed E-state index contributed by atoms with van der Waals surface area (Å²) in [6.07, 6.45) is -8.88. The Morgan fingerprint density at radius 1 is 0.811 bits per heavy atom. The molecule has 0 saturated carbocycles. The number of methoxy groups -OCH3 is 4. The fourth-order valence-electron chi connectivity index (χ4n) is 9.04. The minimum absolute atomic E-state index is 0. The molecule has 2 heterocycles. The molecule has 90 heavy (non-hydrogen) atoms. The number of esters is 1. The molecule has 0 bridgehead atoms. The normalized spacial score (nSPS) is 18.1. The van der Waals surface area contributed by atoms with E-state index in [1.165, 1.54) is 40.6 Å². The molecule has 2 fully saturated rings. The molecule has 3 aromatic carbocycles. The van der Waals surface area contributed by atoms with E-state index >= 15 is 0 Å². The molecule has 3 aromatic rings. The number of phosphoric ester groups is 2. The Morgan fingerprint density at radius 2 is 1.43 bits per heavy atom. The summed E-state index contributed by atoms with van der Waals surface area (Å²) in [5, 5.41) is 7.54. The molecule has 2 unspecified atom stereocenters. The van der Waals surface area contributed by atoms with Gasteiger partial charge in [-0.15, -0.1) is 0 Å². The number of aryl methyl sites for hydroxylation is 1. The van der Waals surface area contributed by atoms with Crippen LogP contribution in [0.25, 0.3) is 0 Å². The molecular weight excluding hydrogens is 1730 g/mol. The van der Waals surface area contributed by atoms with Gasteiger partial charge in [0.15, 0.2) is 42.1 Å². The van der Waals surface area contributed by atoms with Gasteiger partial charge in [-0.25, -0.2) is 18.7 Å². The molecule has 0 spiro atoms. The van der Waals surface area contributed by atoms with Crippen LogP contribution >= 0.6 is 15.6 Å². The number of hydrogen-bond donors (Lipinski definition) is 6. The Kier molecular flexibility index (Phi) is 30.2. The van der Waals surface area contributed by atoms with E-state index in [-0.39, 0.29) is 47.8 Å². The van der Waals surface area contributed by atoms with Crippen molar-refractivity contribution >= 4 is 45.3 Å². The maximum Gasteiger partial charge on any atom is 0.530 e. The van der Waals surface area contributed by atoms with E-state index in [1.807, 2.05) is 0 Å². The number of benzene rings is 3. The number of nitrogens with two attached hydrogens (primary N) is 1. The van der Waals surface area contributed by atoms with Gasteiger partial charge in [0.2, 0.25) is 12.0 Å². The first kappa shape index (κ1) is 75.9. The van der Waals surface area contributed by atoms with Crippen molar-refractivity contribution in [2.45, 2.75) is 71.6 Å². The summed E-state index contributed by atoms with van der Waals surface area (Å²) >= 11 is 0. The van der Waals surface area contributed by atoms with E-state index in [2.05, 4.69) is 20.1 Å². The zero-order valence-electron chi connectivity index (χ0n) is 50.8. The molecule has 0 aliphatic carbocycles. The molecule has 2 atom stereocenters. The number of ether oxygens (including phenoxy) is 9. The summed E-state index contributed by atoms with van der Waals surface area (Å²) < 4.78 is 138. The monoisotopic (exact) mass is 1810 g/mol. The number of amides is 3. The van der Waals surface area contributed by atoms with Crippen molar-refractivity contribution in [3.8, 4) is 34.5 Å². The maximum atomic E-state index is 14.9. The summed E-state index contributed by atoms with van der Waals surface area (Å²) in [5.41, 5.74) is 6.16. The van der Waals surface area contributed by atoms with Gasteiger partial charge in [-0.05, 0) is 73.8 Å². The molecule has 35 heteroatoms. The van der Waals surface area contributed by atoms with Crippen molar-refractivity contribution < 1.29 is 121 Å². The minimum atomic E-state index is -5.17. The Morgan fingerprint density at radius 3 is 2.02 bits per heavy atom. The van der Waals surface area contributed by atoms with Crippen LogP contribution in [0.2, 0.25) is 0 Å². The first-order valence-electron chi connectivity index (χ1n) is 28.1. The van der Waals surface area contributed by atoms with Gasteiger partial charge in [0.25, 0.3) is 11.8 Å². The van der Waals surface area contributed by atoms with Crippen molar-refractivity contribution in [1.29, 1.82) is 0 Å². The van der Waals surface area contributed by atoms with E-state index in [4.69, 9.17) is 71.7 Å². The van der Waals surface area contributed by atoms with Crippen LogP contribution in [0, 0.1) is 12.8 Å². The largest absolute Gasteiger partial charge is 0.530 e. The van der Waals surface area contributed by atoms with Gasteiger partial charge in [-0.2, -0.15) is 13.2 Å². The number of ketones is 1. The third kappa shape index (κ3) is 23.6. The number of rotatable bonds is 35. The van der Waals surface area contributed by atoms with Crippen LogP contribution in [-0.2, 0) is 53.1 Å². The molecule has 2 saturated heterocycles. The number of nitrogens with zero attached hydrogens (tertiary/aromatic N) is 2. The van der Waals surface area contributed by atoms with Crippen LogP contribution in [0.1, 0.15) is 81.7 Å². The zero-order chi connectivity index (χ0) is 64.7. The number of alkyl halides is 3. The fraction of sp³-hybridized carbons (Fsp3) is 0.582. The van der Waals surface area contributed by atoms with Crippen molar-refractivity contribution in [1.82, 2.24) is 20.9 Å². The number of hydrogen-bond acceptors (Lipinski definition) is 22. The molecule has 3 amide bonds. The average Bonchev–Trinajstić information content (AvgIpc) is 1.07. The number of nitrogens with one attached hydrogen (secondary N) is 3. The third-order valence-electron chi connectivity index (χ3n) is 13.7. The first-order chi connectivity index (χ1) is 41.7. The number of alkyl carbamates (subject to hydrolysis) is 1. The van der Waals surface area contributed by atoms with Gasteiger partial charge in [-0.3, -0.25) is 47.4 Å². The summed E-state index contributed by atoms with van der Waals surface area (Å²) in [6, 6.07) is 9.53. The zero-order valence-corrected chi connectivity index (χ0v) is 57.4. The number of unbranched alkanes of at least 4 members (excludes halogenated alkanes) is 1. The van der Waals surface area contributed by atoms with Crippen molar-refractivity contribution in [3.05, 3.63) is 70.3 Å². The molecule has 0 aromatic heterocycles. The Balaban J connectivity index is 0.0000106. The average molecular weight is 1810 g/mol. The van der Waals surface area contributed by atoms with Crippen LogP contribution in [-0.4, -0.2) is 201 Å². The molecule has 516 valence electrons. The van der Waals surface area contributed by atoms with E-state index in [9.17, 15) is 46.3 Å². The van der Waals surface area contributed by atoms with E-state index < -0.39 is 108 Å². The van der Waals surface area contributed by atoms with Crippen LogP contribution in [0.5, 0.6) is 34.5 Å². The van der Waals surface area contributed by atoms with Crippen LogP contribution in [0.15, 0.2) is 42.5 Å². The van der Waals surface area contributed by atoms with Gasteiger partial charge >= 0.3 is 33.9 Å². The summed E-state index contributed by atoms with van der Waals surface area (Å²) in [5.74, 6) is -1.77. The van der Waals surface area contributed by atoms with E-state index in [0.717, 1.165) is 12.1 Å². The second-order valence-electron chi connectivity index (χ2n) is 20.6. The van der Waals surface area contributed by atoms with Crippen molar-refractivity contribution in [2.24, 2.45) is 11.7 Å². The standard InChI is InChI=1S/C55H79F3N6O22P2.2Fm/c1-36(2)43(65)34-80-52(68)42-27-38(12-13-44(42)86-88(73)83-32-41(33-84-88)85-87(70,71)72)31-81-54(69)62-53(55(56,57)58)82-35-64(20-10-16-61-50(66)39-26-37(3)48(45(28-39)74-4)79-25-24-78-23-14-59)21-11-18-63(19-22-64)17-9-8-15-60-51(67)40-29-46(75-5)49(77-7)47(30-40)76-6;;/h12-13,26-30,36,41,53H,8-11,14-25,31-35,59H2,1-7H3,(H4-,60,61,62,66,67,69,70,71,72);;/p+1. The van der Waals surface area contributed by atoms with Crippen LogP contribution in [0.3, 0.4) is 0 Å². The second kappa shape index (κ2) is 35.7. The first-order valence-corrected chi connectivity index (χ1v) is 31.0. The van der Waals surface area contributed by atoms with Crippen molar-refractivity contribution in [2.75, 3.05) is 134 Å². The smallest absolute Gasteiger partial charge is 0.493 e. The van der Waals surface area contributed by atoms with Gasteiger partial charge in [0.1, 0.15) is 30.6 Å². The molecule has 0 radical (unpaired) electrons. The van der Waals surface area contributed by atoms with E-state index in [1.54, 1.807) is 44.3 Å². The molecular formula is C55H80F3Fm2N6O22P2+. The Labute approximate surface area is 507 Å². The molecule has 2 aliphatic heterocycles. The maximum absolute atomic E-state index is 14.9. The predicted octanol–water partition coefficient (Wildman–Crippen LogP) is 5.42. The van der Waals surface area contributed by atoms with Crippen LogP contribution in [0.4, 0.5) is 18.0 Å². The number of carbonyl (C=O) groups excluding carboxylic acids is 5. The second-order valence-corrected chi connectivity index (χ2v) is 23.4. The van der Waals surface area contributed by atoms with Gasteiger partial charge in [0.05, 0.1) is 74.5 Å². The predicted molar refractivity (Wildman–Crippen MR) is 306 cm³/mol. The SMILES string of the molecule is COc1cc(C(=O)NCCC[N+]2(COC(NC(=O)OCc3ccc(OP4(=O)OCC(OP(=O)(O)O)CO4)c(C(=O)OCC(=O)C(C)C)c3)C(F)(F)F)CCCN(CCCCNC(=O)c3cc(OC)c(OC)c(OC)c3)CC2)cc(C)c1OCCOCCN.[Fm].[Fm]. The molecule has 5 rings (SSSR count). The number of Topliss-reactive ketones (excluding diaryl/α,β-unsaturated/α-hetero) is 1. The topological polar surface area (TPSA) is 345 Å². The fourth-order valence-corrected chi connectivity index (χ4v) is 10.8. The summed E-state index contributed by atoms with van der Waals surface area (Å²) in [4.78, 5) is 85.9. The van der Waals surface area contributed by atoms with Gasteiger partial charge < -0.3 is 68.6 Å². The van der Waals surface area contributed by atoms with Gasteiger partial charge in [0, 0.05) is 62.6 Å². The third-order valence-corrected chi connectivity index (χ3v) is 15.6. The summed E-state index contributed by atoms with van der Waals surface area (Å²) in [6.45, 7) is 5.76. The van der Waals surface area contributed by atoms with Gasteiger partial charge in [-0.1, -0.05) is 19.9 Å². The molecule has 2 aliphatic rings. The Hall–Kier alpha value is -8.34. The molecule has 28 nitrogen and oxygen atoms in total. The van der Waals surface area contributed by atoms with E-state index in [0.29, 0.717) is 118 Å². The van der Waals surface area contributed by atoms with Crippen LogP contribution < -0.4 is 49.9 Å². The van der Waals surface area contributed by atoms with Crippen molar-refractivity contribution in [3.63, 3.8) is 0 Å².